The summed E-state index contributed by atoms with van der Waals surface area (Å²) in [5.74, 6) is -0.158. The van der Waals surface area contributed by atoms with Crippen LogP contribution in [0.5, 0.6) is 5.75 Å². The lowest BCUT2D eigenvalue weighted by molar-refractivity contribution is -0.118. The van der Waals surface area contributed by atoms with Gasteiger partial charge in [-0.1, -0.05) is 59.6 Å². The number of anilines is 1. The van der Waals surface area contributed by atoms with Gasteiger partial charge in [0, 0.05) is 5.56 Å². The second-order valence-corrected chi connectivity index (χ2v) is 7.68. The molecule has 1 N–H and O–H groups in total. The van der Waals surface area contributed by atoms with Crippen molar-refractivity contribution in [1.29, 1.82) is 0 Å². The van der Waals surface area contributed by atoms with Crippen LogP contribution in [-0.2, 0) is 4.79 Å². The maximum Gasteiger partial charge on any atom is 0.262 e. The van der Waals surface area contributed by atoms with Gasteiger partial charge in [0.05, 0.1) is 16.1 Å². The third kappa shape index (κ3) is 4.47. The molecule has 0 aliphatic rings. The van der Waals surface area contributed by atoms with E-state index in [1.54, 1.807) is 30.3 Å². The molecule has 0 bridgehead atoms. The Morgan fingerprint density at radius 2 is 1.71 bits per heavy atom. The number of fused-ring (bicyclic) bond motifs is 1. The summed E-state index contributed by atoms with van der Waals surface area (Å²) in [5.41, 5.74) is 3.34. The van der Waals surface area contributed by atoms with Gasteiger partial charge in [0.2, 0.25) is 11.2 Å². The Hall–Kier alpha value is -3.57. The number of halogens is 1. The first kappa shape index (κ1) is 20.7. The van der Waals surface area contributed by atoms with Crippen LogP contribution in [0.1, 0.15) is 11.1 Å². The average Bonchev–Trinajstić information content (AvgIpc) is 2.75. The van der Waals surface area contributed by atoms with E-state index in [1.165, 1.54) is 0 Å². The van der Waals surface area contributed by atoms with E-state index in [4.69, 9.17) is 20.8 Å². The van der Waals surface area contributed by atoms with Crippen molar-refractivity contribution in [2.75, 3.05) is 11.9 Å². The van der Waals surface area contributed by atoms with Gasteiger partial charge in [-0.3, -0.25) is 9.59 Å². The van der Waals surface area contributed by atoms with Crippen molar-refractivity contribution < 1.29 is 13.9 Å². The van der Waals surface area contributed by atoms with Gasteiger partial charge in [-0.15, -0.1) is 0 Å². The molecule has 0 unspecified atom stereocenters. The van der Waals surface area contributed by atoms with Crippen LogP contribution in [-0.4, -0.2) is 12.5 Å². The highest BCUT2D eigenvalue weighted by Crippen LogP contribution is 2.31. The number of carbonyl (C=O) groups excluding carboxylic acids is 1. The van der Waals surface area contributed by atoms with E-state index >= 15 is 0 Å². The number of aryl methyl sites for hydroxylation is 2. The summed E-state index contributed by atoms with van der Waals surface area (Å²) in [5, 5.41) is 3.49. The van der Waals surface area contributed by atoms with E-state index in [-0.39, 0.29) is 23.5 Å². The summed E-state index contributed by atoms with van der Waals surface area (Å²) in [7, 11) is 0. The largest absolute Gasteiger partial charge is 0.476 e. The monoisotopic (exact) mass is 433 g/mol. The van der Waals surface area contributed by atoms with Crippen molar-refractivity contribution >= 4 is 34.2 Å². The number of para-hydroxylation sites is 1. The van der Waals surface area contributed by atoms with Crippen LogP contribution in [0.3, 0.4) is 0 Å². The maximum atomic E-state index is 13.2. The summed E-state index contributed by atoms with van der Waals surface area (Å²) in [6.07, 6.45) is 0. The predicted octanol–water partition coefficient (Wildman–Crippen LogP) is 5.75. The molecule has 4 rings (SSSR count). The molecule has 5 nitrogen and oxygen atoms in total. The first-order valence-corrected chi connectivity index (χ1v) is 10.1. The number of amides is 1. The fourth-order valence-corrected chi connectivity index (χ4v) is 3.38. The SMILES string of the molecule is Cc1ccc(-c2oc3cc(C)ccc3c(=O)c2OCC(=O)Nc2ccccc2Cl)cc1. The number of hydrogen-bond donors (Lipinski definition) is 1. The van der Waals surface area contributed by atoms with Crippen molar-refractivity contribution in [2.24, 2.45) is 0 Å². The lowest BCUT2D eigenvalue weighted by Crippen LogP contribution is -2.22. The Labute approximate surface area is 184 Å². The van der Waals surface area contributed by atoms with Crippen molar-refractivity contribution in [3.63, 3.8) is 0 Å². The summed E-state index contributed by atoms with van der Waals surface area (Å²) in [4.78, 5) is 25.6. The van der Waals surface area contributed by atoms with Gasteiger partial charge in [0.1, 0.15) is 5.58 Å². The molecule has 0 saturated heterocycles. The Kier molecular flexibility index (Phi) is 5.78. The van der Waals surface area contributed by atoms with Gasteiger partial charge >= 0.3 is 0 Å². The number of hydrogen-bond acceptors (Lipinski definition) is 4. The lowest BCUT2D eigenvalue weighted by atomic mass is 10.1. The van der Waals surface area contributed by atoms with Crippen molar-refractivity contribution in [3.8, 4) is 17.1 Å². The van der Waals surface area contributed by atoms with Crippen LogP contribution in [0.25, 0.3) is 22.3 Å². The molecule has 156 valence electrons. The van der Waals surface area contributed by atoms with Crippen LogP contribution >= 0.6 is 11.6 Å². The minimum atomic E-state index is -0.439. The normalized spacial score (nSPS) is 10.8. The molecule has 0 radical (unpaired) electrons. The molecule has 0 fully saturated rings. The molecule has 1 aromatic heterocycles. The van der Waals surface area contributed by atoms with Gasteiger partial charge < -0.3 is 14.5 Å². The molecular formula is C25H20ClNO4. The second-order valence-electron chi connectivity index (χ2n) is 7.27. The summed E-state index contributed by atoms with van der Waals surface area (Å²) in [6.45, 7) is 3.53. The van der Waals surface area contributed by atoms with E-state index in [0.717, 1.165) is 11.1 Å². The van der Waals surface area contributed by atoms with Gasteiger partial charge in [-0.2, -0.15) is 0 Å². The van der Waals surface area contributed by atoms with Gasteiger partial charge in [-0.05, 0) is 43.7 Å². The molecule has 1 amide bonds. The molecule has 0 aliphatic carbocycles. The Morgan fingerprint density at radius 3 is 2.45 bits per heavy atom. The third-order valence-electron chi connectivity index (χ3n) is 4.82. The highest BCUT2D eigenvalue weighted by atomic mass is 35.5. The van der Waals surface area contributed by atoms with E-state index in [0.29, 0.717) is 27.2 Å². The minimum Gasteiger partial charge on any atom is -0.476 e. The van der Waals surface area contributed by atoms with Crippen LogP contribution < -0.4 is 15.5 Å². The predicted molar refractivity (Wildman–Crippen MR) is 123 cm³/mol. The zero-order valence-electron chi connectivity index (χ0n) is 17.1. The van der Waals surface area contributed by atoms with Crippen molar-refractivity contribution in [1.82, 2.24) is 0 Å². The number of ether oxygens (including phenoxy) is 1. The quantitative estimate of drug-likeness (QED) is 0.435. The van der Waals surface area contributed by atoms with Crippen LogP contribution in [0, 0.1) is 13.8 Å². The fourth-order valence-electron chi connectivity index (χ4n) is 3.20. The fraction of sp³-hybridized carbons (Fsp3) is 0.120. The third-order valence-corrected chi connectivity index (χ3v) is 5.15. The molecule has 0 spiro atoms. The Balaban J connectivity index is 1.70. The molecule has 3 aromatic carbocycles. The smallest absolute Gasteiger partial charge is 0.262 e. The van der Waals surface area contributed by atoms with E-state index in [2.05, 4.69) is 5.32 Å². The summed E-state index contributed by atoms with van der Waals surface area (Å²) in [6, 6.07) is 19.8. The summed E-state index contributed by atoms with van der Waals surface area (Å²) < 4.78 is 11.8. The molecule has 1 heterocycles. The highest BCUT2D eigenvalue weighted by molar-refractivity contribution is 6.33. The lowest BCUT2D eigenvalue weighted by Gasteiger charge is -2.13. The Morgan fingerprint density at radius 1 is 1.00 bits per heavy atom. The first-order valence-electron chi connectivity index (χ1n) is 9.74. The highest BCUT2D eigenvalue weighted by Gasteiger charge is 2.19. The molecule has 6 heteroatoms. The molecule has 4 aromatic rings. The Bertz CT molecular complexity index is 1330. The molecule has 31 heavy (non-hydrogen) atoms. The van der Waals surface area contributed by atoms with Gasteiger partial charge in [0.15, 0.2) is 12.4 Å². The summed E-state index contributed by atoms with van der Waals surface area (Å²) >= 11 is 6.09. The molecule has 0 aliphatic heterocycles. The molecule has 0 atom stereocenters. The number of nitrogens with one attached hydrogen (secondary N) is 1. The van der Waals surface area contributed by atoms with Crippen molar-refractivity contribution in [3.05, 3.63) is 93.1 Å². The second kappa shape index (κ2) is 8.66. The zero-order valence-corrected chi connectivity index (χ0v) is 17.8. The van der Waals surface area contributed by atoms with Crippen LogP contribution in [0.2, 0.25) is 5.02 Å². The van der Waals surface area contributed by atoms with E-state index in [9.17, 15) is 9.59 Å². The zero-order chi connectivity index (χ0) is 22.0. The van der Waals surface area contributed by atoms with E-state index < -0.39 is 5.91 Å². The molecular weight excluding hydrogens is 414 g/mol. The molecule has 0 saturated carbocycles. The average molecular weight is 434 g/mol. The van der Waals surface area contributed by atoms with Crippen LogP contribution in [0.4, 0.5) is 5.69 Å². The number of benzene rings is 3. The van der Waals surface area contributed by atoms with Gasteiger partial charge in [0.25, 0.3) is 5.91 Å². The van der Waals surface area contributed by atoms with Crippen LogP contribution in [0.15, 0.2) is 75.9 Å². The van der Waals surface area contributed by atoms with Crippen molar-refractivity contribution in [2.45, 2.75) is 13.8 Å². The first-order chi connectivity index (χ1) is 14.9. The van der Waals surface area contributed by atoms with E-state index in [1.807, 2.05) is 50.2 Å². The minimum absolute atomic E-state index is 0.00508. The van der Waals surface area contributed by atoms with Gasteiger partial charge in [-0.25, -0.2) is 0 Å². The number of carbonyl (C=O) groups is 1. The maximum absolute atomic E-state index is 13.2. The topological polar surface area (TPSA) is 68.5 Å². The number of rotatable bonds is 5. The standard InChI is InChI=1S/C25H20ClNO4/c1-15-7-10-17(11-8-15)24-25(23(29)18-12-9-16(2)13-21(18)31-24)30-14-22(28)27-20-6-4-3-5-19(20)26/h3-13H,14H2,1-2H3,(H,27,28).